The number of carbonyl (C=O) groups is 1. The number of hydrogen-bond acceptors (Lipinski definition) is 3. The van der Waals surface area contributed by atoms with Gasteiger partial charge >= 0.3 is 6.09 Å². The van der Waals surface area contributed by atoms with E-state index in [0.29, 0.717) is 30.6 Å². The van der Waals surface area contributed by atoms with E-state index in [1.807, 2.05) is 26.8 Å². The molecule has 1 aromatic carbocycles. The number of H-pyrrole nitrogens is 1. The molecule has 30 heavy (non-hydrogen) atoms. The summed E-state index contributed by atoms with van der Waals surface area (Å²) in [7, 11) is 0. The lowest BCUT2D eigenvalue weighted by molar-refractivity contribution is 0.0273. The Morgan fingerprint density at radius 2 is 2.03 bits per heavy atom. The summed E-state index contributed by atoms with van der Waals surface area (Å²) in [5.74, 6) is -0.401. The topological polar surface area (TPSA) is 69.1 Å². The molecule has 158 valence electrons. The van der Waals surface area contributed by atoms with Crippen LogP contribution in [-0.2, 0) is 17.6 Å². The molecule has 1 aromatic heterocycles. The maximum Gasteiger partial charge on any atom is 0.410 e. The van der Waals surface area contributed by atoms with Crippen LogP contribution in [0.15, 0.2) is 12.1 Å². The Balaban J connectivity index is 1.80. The summed E-state index contributed by atoms with van der Waals surface area (Å²) in [6.07, 6.45) is 7.36. The molecule has 1 aliphatic heterocycles. The Hall–Kier alpha value is -2.81. The minimum Gasteiger partial charge on any atom is -0.444 e. The van der Waals surface area contributed by atoms with Crippen molar-refractivity contribution < 1.29 is 13.9 Å². The summed E-state index contributed by atoms with van der Waals surface area (Å²) in [5, 5.41) is 10.4. The van der Waals surface area contributed by atoms with Crippen LogP contribution in [0.4, 0.5) is 9.18 Å². The molecular weight excluding hydrogens is 381 g/mol. The van der Waals surface area contributed by atoms with Crippen LogP contribution in [0.1, 0.15) is 68.8 Å². The molecule has 0 bridgehead atoms. The van der Waals surface area contributed by atoms with Crippen molar-refractivity contribution in [3.8, 4) is 6.07 Å². The van der Waals surface area contributed by atoms with Gasteiger partial charge in [-0.25, -0.2) is 9.18 Å². The summed E-state index contributed by atoms with van der Waals surface area (Å²) in [5.41, 5.74) is 4.02. The largest absolute Gasteiger partial charge is 0.444 e. The normalized spacial score (nSPS) is 17.2. The van der Waals surface area contributed by atoms with Crippen molar-refractivity contribution in [3.05, 3.63) is 40.3 Å². The van der Waals surface area contributed by atoms with Crippen LogP contribution in [0.3, 0.4) is 0 Å². The molecule has 2 aromatic rings. The molecule has 6 heteroatoms. The number of nitrogens with one attached hydrogen (secondary N) is 1. The van der Waals surface area contributed by atoms with Gasteiger partial charge < -0.3 is 14.6 Å². The van der Waals surface area contributed by atoms with Gasteiger partial charge in [-0.3, -0.25) is 0 Å². The van der Waals surface area contributed by atoms with Gasteiger partial charge in [-0.2, -0.15) is 5.26 Å². The molecule has 0 atom stereocenters. The second kappa shape index (κ2) is 7.79. The van der Waals surface area contributed by atoms with Crippen LogP contribution in [0.5, 0.6) is 0 Å². The zero-order chi connectivity index (χ0) is 21.5. The highest BCUT2D eigenvalue weighted by Crippen LogP contribution is 2.38. The van der Waals surface area contributed by atoms with Gasteiger partial charge in [0.25, 0.3) is 0 Å². The highest BCUT2D eigenvalue weighted by atomic mass is 19.1. The minimum absolute atomic E-state index is 0.298. The van der Waals surface area contributed by atoms with Crippen LogP contribution in [0, 0.1) is 17.1 Å². The number of halogens is 1. The fourth-order valence-electron chi connectivity index (χ4n) is 4.54. The minimum atomic E-state index is -0.580. The summed E-state index contributed by atoms with van der Waals surface area (Å²) in [6.45, 7) is 6.36. The Bertz CT molecular complexity index is 1070. The SMILES string of the molecule is CC(C)(C)OC(=O)N1CCC=C(c2c(F)cc(C#N)c3[nH]c4c(c23)CCCCC4)C1. The van der Waals surface area contributed by atoms with Gasteiger partial charge in [0, 0.05) is 29.7 Å². The van der Waals surface area contributed by atoms with Gasteiger partial charge in [-0.15, -0.1) is 0 Å². The Morgan fingerprint density at radius 1 is 1.27 bits per heavy atom. The number of aryl methyl sites for hydroxylation is 2. The smallest absolute Gasteiger partial charge is 0.410 e. The Labute approximate surface area is 176 Å². The number of benzene rings is 1. The number of ether oxygens (including phenoxy) is 1. The molecule has 1 aliphatic carbocycles. The van der Waals surface area contributed by atoms with Gasteiger partial charge in [0.05, 0.1) is 11.1 Å². The van der Waals surface area contributed by atoms with Gasteiger partial charge in [0.1, 0.15) is 17.5 Å². The molecule has 5 nitrogen and oxygen atoms in total. The Kier molecular flexibility index (Phi) is 5.31. The molecule has 1 amide bonds. The number of hydrogen-bond donors (Lipinski definition) is 1. The van der Waals surface area contributed by atoms with E-state index in [2.05, 4.69) is 11.1 Å². The molecular formula is C24H28FN3O2. The van der Waals surface area contributed by atoms with E-state index in [4.69, 9.17) is 4.74 Å². The lowest BCUT2D eigenvalue weighted by atomic mass is 9.92. The van der Waals surface area contributed by atoms with Crippen molar-refractivity contribution in [1.29, 1.82) is 5.26 Å². The lowest BCUT2D eigenvalue weighted by Crippen LogP contribution is -2.39. The monoisotopic (exact) mass is 409 g/mol. The van der Waals surface area contributed by atoms with Crippen molar-refractivity contribution >= 4 is 22.6 Å². The quantitative estimate of drug-likeness (QED) is 0.635. The first kappa shape index (κ1) is 20.5. The first-order valence-corrected chi connectivity index (χ1v) is 10.7. The van der Waals surface area contributed by atoms with Gasteiger partial charge in [-0.05, 0) is 70.1 Å². The molecule has 0 radical (unpaired) electrons. The van der Waals surface area contributed by atoms with E-state index in [1.165, 1.54) is 6.07 Å². The number of fused-ring (bicyclic) bond motifs is 3. The van der Waals surface area contributed by atoms with E-state index < -0.39 is 11.4 Å². The lowest BCUT2D eigenvalue weighted by Gasteiger charge is -2.30. The van der Waals surface area contributed by atoms with Crippen LogP contribution in [0.2, 0.25) is 0 Å². The van der Waals surface area contributed by atoms with Crippen molar-refractivity contribution in [2.75, 3.05) is 13.1 Å². The third-order valence-corrected chi connectivity index (χ3v) is 5.82. The summed E-state index contributed by atoms with van der Waals surface area (Å²) >= 11 is 0. The second-order valence-electron chi connectivity index (χ2n) is 9.21. The maximum absolute atomic E-state index is 15.4. The zero-order valence-electron chi connectivity index (χ0n) is 17.9. The summed E-state index contributed by atoms with van der Waals surface area (Å²) in [6, 6.07) is 3.46. The predicted octanol–water partition coefficient (Wildman–Crippen LogP) is 5.47. The van der Waals surface area contributed by atoms with Gasteiger partial charge in [-0.1, -0.05) is 12.5 Å². The fraction of sp³-hybridized carbons (Fsp3) is 0.500. The average Bonchev–Trinajstić information content (AvgIpc) is 2.88. The fourth-order valence-corrected chi connectivity index (χ4v) is 4.54. The summed E-state index contributed by atoms with van der Waals surface area (Å²) < 4.78 is 20.9. The molecule has 0 spiro atoms. The number of nitriles is 1. The number of nitrogens with zero attached hydrogens (tertiary/aromatic N) is 2. The van der Waals surface area contributed by atoms with Crippen molar-refractivity contribution in [2.24, 2.45) is 0 Å². The third kappa shape index (κ3) is 3.81. The van der Waals surface area contributed by atoms with E-state index in [9.17, 15) is 10.1 Å². The highest BCUT2D eigenvalue weighted by Gasteiger charge is 2.29. The van der Waals surface area contributed by atoms with Gasteiger partial charge in [0.15, 0.2) is 0 Å². The highest BCUT2D eigenvalue weighted by molar-refractivity contribution is 5.99. The van der Waals surface area contributed by atoms with Crippen LogP contribution < -0.4 is 0 Å². The molecule has 2 aliphatic rings. The van der Waals surface area contributed by atoms with E-state index in [1.54, 1.807) is 4.90 Å². The molecule has 2 heterocycles. The van der Waals surface area contributed by atoms with E-state index in [-0.39, 0.29) is 6.09 Å². The van der Waals surface area contributed by atoms with E-state index >= 15 is 4.39 Å². The van der Waals surface area contributed by atoms with Crippen LogP contribution in [-0.4, -0.2) is 34.7 Å². The molecule has 0 unspecified atom stereocenters. The van der Waals surface area contributed by atoms with Crippen molar-refractivity contribution in [2.45, 2.75) is 64.9 Å². The number of rotatable bonds is 1. The number of amides is 1. The van der Waals surface area contributed by atoms with Crippen LogP contribution in [0.25, 0.3) is 16.5 Å². The Morgan fingerprint density at radius 3 is 2.77 bits per heavy atom. The van der Waals surface area contributed by atoms with Crippen molar-refractivity contribution in [3.63, 3.8) is 0 Å². The maximum atomic E-state index is 15.4. The molecule has 1 N–H and O–H groups in total. The second-order valence-corrected chi connectivity index (χ2v) is 9.21. The number of aromatic amines is 1. The zero-order valence-corrected chi connectivity index (χ0v) is 17.9. The van der Waals surface area contributed by atoms with E-state index in [0.717, 1.165) is 59.8 Å². The third-order valence-electron chi connectivity index (χ3n) is 5.82. The van der Waals surface area contributed by atoms with Crippen molar-refractivity contribution in [1.82, 2.24) is 9.88 Å². The van der Waals surface area contributed by atoms with Gasteiger partial charge in [0.2, 0.25) is 0 Å². The standard InChI is InChI=1S/C24H28FN3O2/c1-24(2,3)30-23(29)28-11-7-8-15(14-28)20-18(25)12-16(13-26)22-21(20)17-9-5-4-6-10-19(17)27-22/h8,12,27H,4-7,9-11,14H2,1-3H3. The first-order chi connectivity index (χ1) is 14.3. The molecule has 4 rings (SSSR count). The molecule has 0 fully saturated rings. The molecule has 0 saturated heterocycles. The average molecular weight is 410 g/mol. The molecule has 0 saturated carbocycles. The summed E-state index contributed by atoms with van der Waals surface area (Å²) in [4.78, 5) is 17.7. The first-order valence-electron chi connectivity index (χ1n) is 10.7. The van der Waals surface area contributed by atoms with Crippen LogP contribution >= 0.6 is 0 Å². The number of carbonyl (C=O) groups excluding carboxylic acids is 1. The predicted molar refractivity (Wildman–Crippen MR) is 115 cm³/mol. The number of aromatic nitrogens is 1.